The molecule has 0 fully saturated rings. The fourth-order valence-electron chi connectivity index (χ4n) is 2.01. The minimum Gasteiger partial charge on any atom is -0.465 e. The van der Waals surface area contributed by atoms with Crippen molar-refractivity contribution in [3.05, 3.63) is 67.2 Å². The van der Waals surface area contributed by atoms with Crippen LogP contribution in [0.4, 0.5) is 5.69 Å². The summed E-state index contributed by atoms with van der Waals surface area (Å²) in [7, 11) is 0. The van der Waals surface area contributed by atoms with E-state index in [-0.39, 0.29) is 18.4 Å². The van der Waals surface area contributed by atoms with Gasteiger partial charge in [0.2, 0.25) is 11.8 Å². The van der Waals surface area contributed by atoms with Crippen LogP contribution in [0.15, 0.2) is 65.8 Å². The lowest BCUT2D eigenvalue weighted by molar-refractivity contribution is -0.121. The molecule has 2 heterocycles. The van der Waals surface area contributed by atoms with Gasteiger partial charge in [-0.3, -0.25) is 9.59 Å². The monoisotopic (exact) mass is 337 g/mol. The van der Waals surface area contributed by atoms with Crippen LogP contribution < -0.4 is 10.6 Å². The Hall–Kier alpha value is -3.68. The quantitative estimate of drug-likeness (QED) is 0.666. The molecular weight excluding hydrogens is 322 g/mol. The van der Waals surface area contributed by atoms with E-state index in [2.05, 4.69) is 20.7 Å². The number of hydrogen-bond acceptors (Lipinski definition) is 5. The van der Waals surface area contributed by atoms with Gasteiger partial charge in [-0.1, -0.05) is 0 Å². The second kappa shape index (κ2) is 7.73. The van der Waals surface area contributed by atoms with Gasteiger partial charge >= 0.3 is 0 Å². The van der Waals surface area contributed by atoms with Gasteiger partial charge in [0, 0.05) is 11.8 Å². The van der Waals surface area contributed by atoms with Crippen LogP contribution in [0.25, 0.3) is 11.8 Å². The van der Waals surface area contributed by atoms with E-state index < -0.39 is 0 Å². The van der Waals surface area contributed by atoms with Crippen molar-refractivity contribution in [1.82, 2.24) is 20.1 Å². The van der Waals surface area contributed by atoms with E-state index in [0.29, 0.717) is 11.4 Å². The molecule has 0 aliphatic rings. The van der Waals surface area contributed by atoms with Crippen LogP contribution in [0.5, 0.6) is 0 Å². The summed E-state index contributed by atoms with van der Waals surface area (Å²) in [6.07, 6.45) is 7.37. The van der Waals surface area contributed by atoms with Gasteiger partial charge < -0.3 is 15.1 Å². The normalized spacial score (nSPS) is 10.7. The number of carbonyl (C=O) groups is 2. The molecule has 2 aromatic heterocycles. The number of nitrogens with one attached hydrogen (secondary N) is 2. The zero-order valence-electron chi connectivity index (χ0n) is 13.1. The Balaban J connectivity index is 1.46. The van der Waals surface area contributed by atoms with Crippen molar-refractivity contribution in [3.63, 3.8) is 0 Å². The first-order valence-corrected chi connectivity index (χ1v) is 7.45. The highest BCUT2D eigenvalue weighted by Gasteiger charge is 2.05. The molecule has 1 aromatic carbocycles. The second-order valence-corrected chi connectivity index (χ2v) is 5.00. The molecule has 2 N–H and O–H groups in total. The molecule has 0 aliphatic heterocycles. The number of rotatable bonds is 6. The fourth-order valence-corrected chi connectivity index (χ4v) is 2.01. The summed E-state index contributed by atoms with van der Waals surface area (Å²) in [4.78, 5) is 27.4. The first-order chi connectivity index (χ1) is 12.2. The van der Waals surface area contributed by atoms with Crippen molar-refractivity contribution in [1.29, 1.82) is 0 Å². The van der Waals surface area contributed by atoms with Gasteiger partial charge in [0.15, 0.2) is 0 Å². The predicted octanol–water partition coefficient (Wildman–Crippen LogP) is 1.63. The smallest absolute Gasteiger partial charge is 0.244 e. The minimum absolute atomic E-state index is 0.133. The number of benzene rings is 1. The molecule has 0 radical (unpaired) electrons. The Bertz CT molecular complexity index is 852. The Labute approximate surface area is 143 Å². The van der Waals surface area contributed by atoms with Crippen LogP contribution in [0.2, 0.25) is 0 Å². The third-order valence-electron chi connectivity index (χ3n) is 3.20. The van der Waals surface area contributed by atoms with E-state index in [4.69, 9.17) is 4.42 Å². The van der Waals surface area contributed by atoms with Gasteiger partial charge in [0.25, 0.3) is 0 Å². The Morgan fingerprint density at radius 3 is 2.72 bits per heavy atom. The molecule has 0 bridgehead atoms. The van der Waals surface area contributed by atoms with Crippen LogP contribution in [0.1, 0.15) is 5.76 Å². The third-order valence-corrected chi connectivity index (χ3v) is 3.20. The summed E-state index contributed by atoms with van der Waals surface area (Å²) < 4.78 is 6.68. The number of amides is 2. The lowest BCUT2D eigenvalue weighted by atomic mass is 10.3. The number of anilines is 1. The van der Waals surface area contributed by atoms with Gasteiger partial charge in [-0.05, 0) is 42.5 Å². The summed E-state index contributed by atoms with van der Waals surface area (Å²) in [5, 5.41) is 9.21. The van der Waals surface area contributed by atoms with Crippen molar-refractivity contribution < 1.29 is 14.0 Å². The maximum Gasteiger partial charge on any atom is 0.244 e. The molecule has 3 aromatic rings. The van der Waals surface area contributed by atoms with Gasteiger partial charge in [-0.25, -0.2) is 9.67 Å². The predicted molar refractivity (Wildman–Crippen MR) is 90.7 cm³/mol. The molecule has 2 amide bonds. The maximum atomic E-state index is 11.9. The van der Waals surface area contributed by atoms with Crippen LogP contribution in [-0.2, 0) is 9.59 Å². The molecule has 0 saturated heterocycles. The molecular formula is C17H15N5O3. The summed E-state index contributed by atoms with van der Waals surface area (Å²) in [5.41, 5.74) is 1.45. The van der Waals surface area contributed by atoms with Crippen LogP contribution in [0.3, 0.4) is 0 Å². The van der Waals surface area contributed by atoms with E-state index >= 15 is 0 Å². The topological polar surface area (TPSA) is 102 Å². The largest absolute Gasteiger partial charge is 0.465 e. The molecule has 0 atom stereocenters. The highest BCUT2D eigenvalue weighted by atomic mass is 16.3. The SMILES string of the molecule is O=C(/C=C/c1ccco1)NCC(=O)Nc1ccc(-n2cncn2)cc1. The maximum absolute atomic E-state index is 11.9. The molecule has 0 unspecified atom stereocenters. The summed E-state index contributed by atoms with van der Waals surface area (Å²) in [6, 6.07) is 10.5. The van der Waals surface area contributed by atoms with E-state index in [0.717, 1.165) is 5.69 Å². The summed E-state index contributed by atoms with van der Waals surface area (Å²) in [6.45, 7) is -0.133. The highest BCUT2D eigenvalue weighted by molar-refractivity contribution is 5.97. The molecule has 126 valence electrons. The van der Waals surface area contributed by atoms with Crippen molar-refractivity contribution in [2.75, 3.05) is 11.9 Å². The number of aromatic nitrogens is 3. The first-order valence-electron chi connectivity index (χ1n) is 7.45. The average Bonchev–Trinajstić information content (AvgIpc) is 3.32. The van der Waals surface area contributed by atoms with Gasteiger partial charge in [0.05, 0.1) is 18.5 Å². The summed E-state index contributed by atoms with van der Waals surface area (Å²) >= 11 is 0. The van der Waals surface area contributed by atoms with E-state index in [1.165, 1.54) is 24.7 Å². The lowest BCUT2D eigenvalue weighted by Crippen LogP contribution is -2.31. The van der Waals surface area contributed by atoms with Crippen molar-refractivity contribution in [2.45, 2.75) is 0 Å². The lowest BCUT2D eigenvalue weighted by Gasteiger charge is -2.07. The molecule has 0 spiro atoms. The number of carbonyl (C=O) groups excluding carboxylic acids is 2. The molecule has 3 rings (SSSR count). The fraction of sp³-hybridized carbons (Fsp3) is 0.0588. The Morgan fingerprint density at radius 2 is 2.04 bits per heavy atom. The highest BCUT2D eigenvalue weighted by Crippen LogP contribution is 2.11. The van der Waals surface area contributed by atoms with Crippen molar-refractivity contribution >= 4 is 23.6 Å². The van der Waals surface area contributed by atoms with E-state index in [1.54, 1.807) is 47.4 Å². The standard InChI is InChI=1S/C17H15N5O3/c23-16(8-7-15-2-1-9-25-15)19-10-17(24)21-13-3-5-14(6-4-13)22-12-18-11-20-22/h1-9,11-12H,10H2,(H,19,23)(H,21,24)/b8-7+. The molecule has 8 heteroatoms. The third kappa shape index (κ3) is 4.64. The Kier molecular flexibility index (Phi) is 5.01. The van der Waals surface area contributed by atoms with Crippen molar-refractivity contribution in [2.24, 2.45) is 0 Å². The number of hydrogen-bond donors (Lipinski definition) is 2. The molecule has 8 nitrogen and oxygen atoms in total. The molecule has 0 saturated carbocycles. The zero-order valence-corrected chi connectivity index (χ0v) is 13.1. The number of nitrogens with zero attached hydrogens (tertiary/aromatic N) is 3. The molecule has 0 aliphatic carbocycles. The van der Waals surface area contributed by atoms with Gasteiger partial charge in [0.1, 0.15) is 18.4 Å². The van der Waals surface area contributed by atoms with Crippen LogP contribution in [-0.4, -0.2) is 33.1 Å². The number of furan rings is 1. The summed E-state index contributed by atoms with van der Waals surface area (Å²) in [5.74, 6) is -0.145. The first kappa shape index (κ1) is 16.2. The average molecular weight is 337 g/mol. The van der Waals surface area contributed by atoms with Gasteiger partial charge in [-0.2, -0.15) is 5.10 Å². The zero-order chi connectivity index (χ0) is 17.5. The van der Waals surface area contributed by atoms with Gasteiger partial charge in [-0.15, -0.1) is 0 Å². The molecule has 25 heavy (non-hydrogen) atoms. The van der Waals surface area contributed by atoms with Crippen LogP contribution in [0, 0.1) is 0 Å². The Morgan fingerprint density at radius 1 is 1.20 bits per heavy atom. The second-order valence-electron chi connectivity index (χ2n) is 5.00. The van der Waals surface area contributed by atoms with E-state index in [9.17, 15) is 9.59 Å². The minimum atomic E-state index is -0.381. The van der Waals surface area contributed by atoms with Crippen LogP contribution >= 0.6 is 0 Å². The van der Waals surface area contributed by atoms with Crippen molar-refractivity contribution in [3.8, 4) is 5.69 Å². The van der Waals surface area contributed by atoms with E-state index in [1.807, 2.05) is 0 Å².